The number of carbonyl (C=O) groups is 1. The highest BCUT2D eigenvalue weighted by Crippen LogP contribution is 2.31. The third-order valence-electron chi connectivity index (χ3n) is 2.73. The number of rotatable bonds is 4. The van der Waals surface area contributed by atoms with Gasteiger partial charge in [0.15, 0.2) is 0 Å². The molecule has 0 amide bonds. The van der Waals surface area contributed by atoms with Gasteiger partial charge in [0.1, 0.15) is 11.6 Å². The van der Waals surface area contributed by atoms with Gasteiger partial charge in [-0.2, -0.15) is 5.26 Å². The SMILES string of the molecule is CC(CCC#N)(C(=O)O)c1cc(F)ccc1F. The van der Waals surface area contributed by atoms with E-state index in [0.717, 1.165) is 18.2 Å². The first-order valence-corrected chi connectivity index (χ1v) is 4.97. The Labute approximate surface area is 97.3 Å². The van der Waals surface area contributed by atoms with E-state index in [9.17, 15) is 13.6 Å². The number of benzene rings is 1. The zero-order valence-corrected chi connectivity index (χ0v) is 9.20. The van der Waals surface area contributed by atoms with Crippen LogP contribution in [-0.4, -0.2) is 11.1 Å². The summed E-state index contributed by atoms with van der Waals surface area (Å²) in [6.45, 7) is 1.28. The fourth-order valence-corrected chi connectivity index (χ4v) is 1.58. The highest BCUT2D eigenvalue weighted by Gasteiger charge is 2.37. The molecule has 1 aromatic rings. The molecular formula is C12H11F2NO2. The van der Waals surface area contributed by atoms with Gasteiger partial charge >= 0.3 is 5.97 Å². The number of hydrogen-bond acceptors (Lipinski definition) is 2. The van der Waals surface area contributed by atoms with E-state index >= 15 is 0 Å². The zero-order chi connectivity index (χ0) is 13.1. The van der Waals surface area contributed by atoms with Gasteiger partial charge in [-0.25, -0.2) is 8.78 Å². The van der Waals surface area contributed by atoms with Gasteiger partial charge in [-0.15, -0.1) is 0 Å². The maximum Gasteiger partial charge on any atom is 0.313 e. The highest BCUT2D eigenvalue weighted by atomic mass is 19.1. The largest absolute Gasteiger partial charge is 0.481 e. The van der Waals surface area contributed by atoms with Crippen molar-refractivity contribution in [3.05, 3.63) is 35.4 Å². The second-order valence-electron chi connectivity index (χ2n) is 3.92. The number of aliphatic carboxylic acids is 1. The van der Waals surface area contributed by atoms with Gasteiger partial charge in [0.05, 0.1) is 11.5 Å². The molecule has 1 unspecified atom stereocenters. The van der Waals surface area contributed by atoms with Crippen LogP contribution in [0.5, 0.6) is 0 Å². The van der Waals surface area contributed by atoms with E-state index in [0.29, 0.717) is 0 Å². The van der Waals surface area contributed by atoms with E-state index in [-0.39, 0.29) is 18.4 Å². The van der Waals surface area contributed by atoms with Crippen LogP contribution in [0.4, 0.5) is 8.78 Å². The summed E-state index contributed by atoms with van der Waals surface area (Å²) < 4.78 is 26.6. The Bertz CT molecular complexity index is 482. The molecule has 0 saturated carbocycles. The van der Waals surface area contributed by atoms with Gasteiger partial charge < -0.3 is 5.11 Å². The molecule has 0 heterocycles. The van der Waals surface area contributed by atoms with E-state index in [1.807, 2.05) is 0 Å². The molecule has 1 aromatic carbocycles. The lowest BCUT2D eigenvalue weighted by atomic mass is 9.78. The summed E-state index contributed by atoms with van der Waals surface area (Å²) in [5.74, 6) is -2.77. The van der Waals surface area contributed by atoms with E-state index in [1.54, 1.807) is 6.07 Å². The molecule has 17 heavy (non-hydrogen) atoms. The Balaban J connectivity index is 3.27. The molecule has 0 fully saturated rings. The van der Waals surface area contributed by atoms with Crippen LogP contribution in [-0.2, 0) is 10.2 Å². The third kappa shape index (κ3) is 2.59. The Morgan fingerprint density at radius 1 is 1.53 bits per heavy atom. The number of nitrogens with zero attached hydrogens (tertiary/aromatic N) is 1. The fraction of sp³-hybridized carbons (Fsp3) is 0.333. The van der Waals surface area contributed by atoms with Gasteiger partial charge in [0, 0.05) is 12.0 Å². The van der Waals surface area contributed by atoms with Crippen LogP contribution in [0, 0.1) is 23.0 Å². The molecule has 1 atom stereocenters. The first-order valence-electron chi connectivity index (χ1n) is 4.97. The lowest BCUT2D eigenvalue weighted by Gasteiger charge is -2.24. The van der Waals surface area contributed by atoms with Crippen LogP contribution in [0.3, 0.4) is 0 Å². The normalized spacial score (nSPS) is 13.8. The van der Waals surface area contributed by atoms with Gasteiger partial charge in [0.25, 0.3) is 0 Å². The predicted molar refractivity (Wildman–Crippen MR) is 56.2 cm³/mol. The Kier molecular flexibility index (Phi) is 3.79. The Morgan fingerprint density at radius 2 is 2.18 bits per heavy atom. The molecule has 0 aromatic heterocycles. The Morgan fingerprint density at radius 3 is 2.71 bits per heavy atom. The van der Waals surface area contributed by atoms with Gasteiger partial charge in [-0.1, -0.05) is 0 Å². The van der Waals surface area contributed by atoms with Crippen molar-refractivity contribution in [3.8, 4) is 6.07 Å². The number of nitriles is 1. The minimum Gasteiger partial charge on any atom is -0.481 e. The molecule has 0 radical (unpaired) electrons. The van der Waals surface area contributed by atoms with Crippen molar-refractivity contribution in [1.29, 1.82) is 5.26 Å². The highest BCUT2D eigenvalue weighted by molar-refractivity contribution is 5.80. The van der Waals surface area contributed by atoms with Gasteiger partial charge in [0.2, 0.25) is 0 Å². The van der Waals surface area contributed by atoms with Crippen molar-refractivity contribution in [3.63, 3.8) is 0 Å². The van der Waals surface area contributed by atoms with Crippen LogP contribution in [0.2, 0.25) is 0 Å². The van der Waals surface area contributed by atoms with E-state index < -0.39 is 23.0 Å². The van der Waals surface area contributed by atoms with Crippen molar-refractivity contribution in [1.82, 2.24) is 0 Å². The number of carboxylic acid groups (broad SMARTS) is 1. The van der Waals surface area contributed by atoms with Crippen molar-refractivity contribution in [2.24, 2.45) is 0 Å². The second-order valence-corrected chi connectivity index (χ2v) is 3.92. The molecule has 1 rings (SSSR count). The second kappa shape index (κ2) is 4.91. The summed E-state index contributed by atoms with van der Waals surface area (Å²) in [4.78, 5) is 11.2. The fourth-order valence-electron chi connectivity index (χ4n) is 1.58. The van der Waals surface area contributed by atoms with Crippen molar-refractivity contribution in [2.45, 2.75) is 25.2 Å². The molecule has 3 nitrogen and oxygen atoms in total. The van der Waals surface area contributed by atoms with E-state index in [1.165, 1.54) is 6.92 Å². The van der Waals surface area contributed by atoms with Crippen LogP contribution < -0.4 is 0 Å². The lowest BCUT2D eigenvalue weighted by Crippen LogP contribution is -2.33. The zero-order valence-electron chi connectivity index (χ0n) is 9.20. The lowest BCUT2D eigenvalue weighted by molar-refractivity contribution is -0.143. The quantitative estimate of drug-likeness (QED) is 0.878. The van der Waals surface area contributed by atoms with Gasteiger partial charge in [-0.3, -0.25) is 4.79 Å². The minimum absolute atomic E-state index is 0.0429. The summed E-state index contributed by atoms with van der Waals surface area (Å²) in [6, 6.07) is 4.47. The molecule has 0 aliphatic rings. The third-order valence-corrected chi connectivity index (χ3v) is 2.73. The molecule has 0 bridgehead atoms. The number of carboxylic acids is 1. The molecule has 0 saturated heterocycles. The first kappa shape index (κ1) is 13.1. The standard InChI is InChI=1S/C12H11F2NO2/c1-12(11(16)17,5-2-6-15)9-7-8(13)3-4-10(9)14/h3-4,7H,2,5H2,1H3,(H,16,17). The van der Waals surface area contributed by atoms with Crippen molar-refractivity contribution < 1.29 is 18.7 Å². The van der Waals surface area contributed by atoms with Crippen molar-refractivity contribution >= 4 is 5.97 Å². The van der Waals surface area contributed by atoms with Crippen LogP contribution in [0.15, 0.2) is 18.2 Å². The molecular weight excluding hydrogens is 228 g/mol. The molecule has 0 aliphatic carbocycles. The average molecular weight is 239 g/mol. The molecule has 1 N–H and O–H groups in total. The van der Waals surface area contributed by atoms with Crippen LogP contribution >= 0.6 is 0 Å². The van der Waals surface area contributed by atoms with Crippen molar-refractivity contribution in [2.75, 3.05) is 0 Å². The summed E-state index contributed by atoms with van der Waals surface area (Å²) >= 11 is 0. The van der Waals surface area contributed by atoms with Crippen LogP contribution in [0.1, 0.15) is 25.3 Å². The maximum atomic E-state index is 13.5. The first-order chi connectivity index (χ1) is 7.91. The van der Waals surface area contributed by atoms with Crippen LogP contribution in [0.25, 0.3) is 0 Å². The number of halogens is 2. The number of hydrogen-bond donors (Lipinski definition) is 1. The maximum absolute atomic E-state index is 13.5. The smallest absolute Gasteiger partial charge is 0.313 e. The minimum atomic E-state index is -1.60. The van der Waals surface area contributed by atoms with E-state index in [2.05, 4.69) is 0 Å². The average Bonchev–Trinajstić information content (AvgIpc) is 2.29. The summed E-state index contributed by atoms with van der Waals surface area (Å²) in [5.41, 5.74) is -1.83. The summed E-state index contributed by atoms with van der Waals surface area (Å²) in [7, 11) is 0. The predicted octanol–water partition coefficient (Wildman–Crippen LogP) is 2.61. The topological polar surface area (TPSA) is 61.1 Å². The summed E-state index contributed by atoms with van der Waals surface area (Å²) in [5, 5.41) is 17.6. The monoisotopic (exact) mass is 239 g/mol. The molecule has 0 spiro atoms. The van der Waals surface area contributed by atoms with E-state index in [4.69, 9.17) is 10.4 Å². The van der Waals surface area contributed by atoms with Gasteiger partial charge in [-0.05, 0) is 31.5 Å². The molecule has 90 valence electrons. The Hall–Kier alpha value is -1.96. The molecule has 5 heteroatoms. The summed E-state index contributed by atoms with van der Waals surface area (Å²) in [6.07, 6.45) is -0.113. The molecule has 0 aliphatic heterocycles.